The average Bonchev–Trinajstić information content (AvgIpc) is 3.37. The number of hydrogen-bond donors (Lipinski definition) is 2. The van der Waals surface area contributed by atoms with Gasteiger partial charge in [-0.15, -0.1) is 0 Å². The van der Waals surface area contributed by atoms with E-state index in [9.17, 15) is 18.3 Å². The van der Waals surface area contributed by atoms with Crippen molar-refractivity contribution in [2.75, 3.05) is 33.4 Å². The number of rotatable bonds is 14. The van der Waals surface area contributed by atoms with Crippen molar-refractivity contribution in [3.8, 4) is 5.75 Å². The number of methoxy groups -OCH3 is 1. The molecule has 1 aliphatic heterocycles. The van der Waals surface area contributed by atoms with E-state index in [0.717, 1.165) is 5.56 Å². The van der Waals surface area contributed by atoms with Gasteiger partial charge in [0.1, 0.15) is 11.4 Å². The Morgan fingerprint density at radius 3 is 2.21 bits per heavy atom. The minimum absolute atomic E-state index is 0.0745. The van der Waals surface area contributed by atoms with Gasteiger partial charge in [0.15, 0.2) is 5.79 Å². The molecule has 240 valence electrons. The van der Waals surface area contributed by atoms with Gasteiger partial charge in [-0.05, 0) is 75.8 Å². The molecule has 1 fully saturated rings. The van der Waals surface area contributed by atoms with Gasteiger partial charge in [0.05, 0.1) is 37.4 Å². The summed E-state index contributed by atoms with van der Waals surface area (Å²) in [4.78, 5) is 12.9. The number of aliphatic hydroxyl groups excluding tert-OH is 1. The zero-order valence-electron chi connectivity index (χ0n) is 26.5. The van der Waals surface area contributed by atoms with Crippen molar-refractivity contribution in [3.63, 3.8) is 0 Å². The molecule has 1 aliphatic rings. The van der Waals surface area contributed by atoms with Crippen molar-refractivity contribution < 1.29 is 37.3 Å². The first-order chi connectivity index (χ1) is 20.0. The summed E-state index contributed by atoms with van der Waals surface area (Å²) in [6, 6.07) is 14.7. The van der Waals surface area contributed by atoms with Crippen LogP contribution in [0.15, 0.2) is 59.5 Å². The molecule has 1 amide bonds. The van der Waals surface area contributed by atoms with E-state index in [1.54, 1.807) is 32.9 Å². The third-order valence-corrected chi connectivity index (χ3v) is 9.14. The Morgan fingerprint density at radius 1 is 1.05 bits per heavy atom. The van der Waals surface area contributed by atoms with Gasteiger partial charge in [-0.1, -0.05) is 44.2 Å². The molecule has 0 saturated carbocycles. The second kappa shape index (κ2) is 14.4. The number of nitrogens with one attached hydrogen (secondary N) is 1. The van der Waals surface area contributed by atoms with Crippen LogP contribution in [-0.2, 0) is 30.7 Å². The van der Waals surface area contributed by atoms with Crippen LogP contribution in [0.25, 0.3) is 0 Å². The zero-order valence-corrected chi connectivity index (χ0v) is 27.3. The predicted molar refractivity (Wildman–Crippen MR) is 164 cm³/mol. The zero-order chi connectivity index (χ0) is 31.9. The van der Waals surface area contributed by atoms with Gasteiger partial charge < -0.3 is 29.4 Å². The van der Waals surface area contributed by atoms with Crippen molar-refractivity contribution in [1.29, 1.82) is 0 Å². The largest absolute Gasteiger partial charge is 0.497 e. The van der Waals surface area contributed by atoms with Gasteiger partial charge in [0, 0.05) is 19.5 Å². The first-order valence-corrected chi connectivity index (χ1v) is 16.1. The molecule has 0 radical (unpaired) electrons. The monoisotopic (exact) mass is 620 g/mol. The Hall–Kier alpha value is -2.70. The lowest BCUT2D eigenvalue weighted by Gasteiger charge is -2.36. The predicted octanol–water partition coefficient (Wildman–Crippen LogP) is 4.75. The molecule has 0 bridgehead atoms. The molecule has 3 rings (SSSR count). The van der Waals surface area contributed by atoms with Crippen molar-refractivity contribution in [2.45, 2.75) is 89.2 Å². The fraction of sp³-hybridized carbons (Fsp3) is 0.594. The van der Waals surface area contributed by atoms with Crippen LogP contribution in [-0.4, -0.2) is 80.9 Å². The van der Waals surface area contributed by atoms with Gasteiger partial charge in [-0.3, -0.25) is 0 Å². The maximum Gasteiger partial charge on any atom is 0.407 e. The molecule has 0 unspecified atom stereocenters. The number of benzene rings is 2. The van der Waals surface area contributed by atoms with Crippen LogP contribution in [0.3, 0.4) is 0 Å². The van der Waals surface area contributed by atoms with Crippen molar-refractivity contribution in [1.82, 2.24) is 9.62 Å². The van der Waals surface area contributed by atoms with Crippen molar-refractivity contribution >= 4 is 16.1 Å². The third kappa shape index (κ3) is 10.8. The maximum atomic E-state index is 14.1. The van der Waals surface area contributed by atoms with Crippen LogP contribution in [0, 0.1) is 5.41 Å². The number of ether oxygens (including phenoxy) is 4. The van der Waals surface area contributed by atoms with Crippen LogP contribution in [0.5, 0.6) is 5.75 Å². The van der Waals surface area contributed by atoms with Gasteiger partial charge in [-0.25, -0.2) is 13.2 Å². The van der Waals surface area contributed by atoms with E-state index in [1.807, 2.05) is 51.1 Å². The summed E-state index contributed by atoms with van der Waals surface area (Å²) in [5, 5.41) is 14.4. The lowest BCUT2D eigenvalue weighted by Crippen LogP contribution is -2.52. The van der Waals surface area contributed by atoms with Gasteiger partial charge in [-0.2, -0.15) is 4.31 Å². The number of carbonyl (C=O) groups is 1. The second-order valence-corrected chi connectivity index (χ2v) is 14.9. The first-order valence-electron chi connectivity index (χ1n) is 14.7. The Labute approximate surface area is 256 Å². The minimum Gasteiger partial charge on any atom is -0.497 e. The molecule has 0 aromatic heterocycles. The molecule has 1 saturated heterocycles. The Kier molecular flexibility index (Phi) is 11.6. The summed E-state index contributed by atoms with van der Waals surface area (Å²) in [6.45, 7) is 12.0. The fourth-order valence-electron chi connectivity index (χ4n) is 4.91. The number of aliphatic hydroxyl groups is 1. The second-order valence-electron chi connectivity index (χ2n) is 13.0. The van der Waals surface area contributed by atoms with Gasteiger partial charge in [0.2, 0.25) is 10.0 Å². The van der Waals surface area contributed by atoms with Crippen LogP contribution in [0.1, 0.15) is 59.9 Å². The summed E-state index contributed by atoms with van der Waals surface area (Å²) in [6.07, 6.45) is -0.486. The highest BCUT2D eigenvalue weighted by molar-refractivity contribution is 7.89. The first kappa shape index (κ1) is 34.8. The van der Waals surface area contributed by atoms with Crippen LogP contribution < -0.4 is 10.1 Å². The molecule has 2 aromatic carbocycles. The molecule has 2 atom stereocenters. The van der Waals surface area contributed by atoms with E-state index < -0.39 is 45.1 Å². The molecule has 10 nitrogen and oxygen atoms in total. The molecular weight excluding hydrogens is 572 g/mol. The molecule has 2 N–H and O–H groups in total. The molecule has 1 heterocycles. The van der Waals surface area contributed by atoms with E-state index in [0.29, 0.717) is 31.8 Å². The van der Waals surface area contributed by atoms with Crippen LogP contribution in [0.2, 0.25) is 0 Å². The highest BCUT2D eigenvalue weighted by Crippen LogP contribution is 2.33. The van der Waals surface area contributed by atoms with Crippen molar-refractivity contribution in [2.24, 2.45) is 5.41 Å². The fourth-order valence-corrected chi connectivity index (χ4v) is 6.56. The SMILES string of the molecule is COc1ccc(S(=O)(=O)N(C[C@@H](O)[C@H](Cc2ccccc2)NC(=O)OC(C)(C)C)CC(C)(C)CCC2(C)OCCO2)cc1. The van der Waals surface area contributed by atoms with E-state index in [4.69, 9.17) is 18.9 Å². The van der Waals surface area contributed by atoms with Gasteiger partial charge in [0.25, 0.3) is 0 Å². The summed E-state index contributed by atoms with van der Waals surface area (Å²) in [7, 11) is -2.55. The number of sulfonamides is 1. The van der Waals surface area contributed by atoms with Crippen LogP contribution >= 0.6 is 0 Å². The van der Waals surface area contributed by atoms with Crippen LogP contribution in [0.4, 0.5) is 4.79 Å². The highest BCUT2D eigenvalue weighted by Gasteiger charge is 2.38. The molecule has 0 aliphatic carbocycles. The minimum atomic E-state index is -4.06. The van der Waals surface area contributed by atoms with Crippen molar-refractivity contribution in [3.05, 3.63) is 60.2 Å². The number of carbonyl (C=O) groups excluding carboxylic acids is 1. The maximum absolute atomic E-state index is 14.1. The summed E-state index contributed by atoms with van der Waals surface area (Å²) < 4.78 is 51.6. The molecule has 2 aromatic rings. The van der Waals surface area contributed by atoms with E-state index in [-0.39, 0.29) is 24.4 Å². The molecular formula is C32H48N2O8S. The van der Waals surface area contributed by atoms with E-state index >= 15 is 0 Å². The number of alkyl carbamates (subject to hydrolysis) is 1. The molecule has 43 heavy (non-hydrogen) atoms. The summed E-state index contributed by atoms with van der Waals surface area (Å²) in [5.74, 6) is -0.186. The molecule has 11 heteroatoms. The lowest BCUT2D eigenvalue weighted by atomic mass is 9.86. The molecule has 0 spiro atoms. The van der Waals surface area contributed by atoms with E-state index in [2.05, 4.69) is 5.32 Å². The topological polar surface area (TPSA) is 124 Å². The Bertz CT molecular complexity index is 1270. The normalized spacial score (nSPS) is 17.0. The quantitative estimate of drug-likeness (QED) is 0.310. The third-order valence-electron chi connectivity index (χ3n) is 7.31. The van der Waals surface area contributed by atoms with E-state index in [1.165, 1.54) is 23.5 Å². The smallest absolute Gasteiger partial charge is 0.407 e. The number of amides is 1. The van der Waals surface area contributed by atoms with Gasteiger partial charge >= 0.3 is 6.09 Å². The number of nitrogens with zero attached hydrogens (tertiary/aromatic N) is 1. The number of hydrogen-bond acceptors (Lipinski definition) is 8. The summed E-state index contributed by atoms with van der Waals surface area (Å²) >= 11 is 0. The summed E-state index contributed by atoms with van der Waals surface area (Å²) in [5.41, 5.74) is -0.383. The highest BCUT2D eigenvalue weighted by atomic mass is 32.2. The lowest BCUT2D eigenvalue weighted by molar-refractivity contribution is -0.151. The average molecular weight is 621 g/mol. The Balaban J connectivity index is 1.90. The Morgan fingerprint density at radius 2 is 1.65 bits per heavy atom. The standard InChI is InChI=1S/C32H48N2O8S/c1-30(2,3)42-29(36)33-27(21-24-11-9-8-10-12-24)28(35)22-34(43(37,38)26-15-13-25(39-7)14-16-26)23-31(4,5)17-18-32(6)40-19-20-41-32/h8-16,27-28,35H,17-23H2,1-7H3,(H,33,36)/t27-,28+/m0/s1.